The monoisotopic (exact) mass is 306 g/mol. The lowest BCUT2D eigenvalue weighted by molar-refractivity contribution is 0.354. The van der Waals surface area contributed by atoms with Crippen molar-refractivity contribution in [3.05, 3.63) is 39.8 Å². The Morgan fingerprint density at radius 1 is 1.19 bits per heavy atom. The summed E-state index contributed by atoms with van der Waals surface area (Å²) in [7, 11) is 3.27. The molecule has 0 aliphatic heterocycles. The standard InChI is InChI=1S/C16H22N2O2S/c1-11-10-21-15(18-11)9-16(2,17)8-12-5-6-13(19-3)14(7-12)20-4/h5-7,10H,8-9,17H2,1-4H3. The number of aryl methyl sites for hydroxylation is 1. The molecular formula is C16H22N2O2S. The van der Waals surface area contributed by atoms with Crippen LogP contribution < -0.4 is 15.2 Å². The summed E-state index contributed by atoms with van der Waals surface area (Å²) in [5, 5.41) is 3.14. The number of hydrogen-bond donors (Lipinski definition) is 1. The van der Waals surface area contributed by atoms with Crippen molar-refractivity contribution >= 4 is 11.3 Å². The second-order valence-electron chi connectivity index (χ2n) is 5.58. The molecule has 2 aromatic rings. The van der Waals surface area contributed by atoms with Gasteiger partial charge in [-0.2, -0.15) is 0 Å². The Hall–Kier alpha value is -1.59. The second kappa shape index (κ2) is 6.45. The Kier molecular flexibility index (Phi) is 4.85. The number of nitrogens with two attached hydrogens (primary N) is 1. The smallest absolute Gasteiger partial charge is 0.160 e. The second-order valence-corrected chi connectivity index (χ2v) is 6.52. The molecule has 0 spiro atoms. The van der Waals surface area contributed by atoms with Crippen molar-refractivity contribution in [3.63, 3.8) is 0 Å². The molecule has 21 heavy (non-hydrogen) atoms. The predicted octanol–water partition coefficient (Wildman–Crippen LogP) is 2.97. The van der Waals surface area contributed by atoms with Crippen molar-refractivity contribution in [1.82, 2.24) is 4.98 Å². The van der Waals surface area contributed by atoms with E-state index in [9.17, 15) is 0 Å². The number of rotatable bonds is 6. The van der Waals surface area contributed by atoms with Crippen LogP contribution in [0.25, 0.3) is 0 Å². The zero-order valence-electron chi connectivity index (χ0n) is 13.0. The maximum Gasteiger partial charge on any atom is 0.160 e. The number of hydrogen-bond acceptors (Lipinski definition) is 5. The summed E-state index contributed by atoms with van der Waals surface area (Å²) in [6.07, 6.45) is 1.52. The summed E-state index contributed by atoms with van der Waals surface area (Å²) >= 11 is 1.66. The molecule has 4 nitrogen and oxygen atoms in total. The molecule has 114 valence electrons. The van der Waals surface area contributed by atoms with E-state index >= 15 is 0 Å². The Labute approximate surface area is 129 Å². The molecule has 0 radical (unpaired) electrons. The van der Waals surface area contributed by atoms with Crippen LogP contribution in [0.3, 0.4) is 0 Å². The number of aromatic nitrogens is 1. The quantitative estimate of drug-likeness (QED) is 0.891. The van der Waals surface area contributed by atoms with E-state index < -0.39 is 0 Å². The van der Waals surface area contributed by atoms with Gasteiger partial charge in [-0.25, -0.2) is 4.98 Å². The van der Waals surface area contributed by atoms with Crippen LogP contribution in [0.1, 0.15) is 23.2 Å². The molecule has 1 unspecified atom stereocenters. The molecule has 0 bridgehead atoms. The summed E-state index contributed by atoms with van der Waals surface area (Å²) in [6.45, 7) is 4.06. The average Bonchev–Trinajstić information content (AvgIpc) is 2.82. The Bertz CT molecular complexity index is 608. The number of nitrogens with zero attached hydrogens (tertiary/aromatic N) is 1. The lowest BCUT2D eigenvalue weighted by Crippen LogP contribution is -2.40. The van der Waals surface area contributed by atoms with E-state index in [0.29, 0.717) is 0 Å². The van der Waals surface area contributed by atoms with Gasteiger partial charge in [0.2, 0.25) is 0 Å². The fraction of sp³-hybridized carbons (Fsp3) is 0.438. The van der Waals surface area contributed by atoms with Gasteiger partial charge in [-0.3, -0.25) is 0 Å². The molecule has 5 heteroatoms. The maximum atomic E-state index is 6.45. The van der Waals surface area contributed by atoms with Crippen LogP contribution in [0.5, 0.6) is 11.5 Å². The van der Waals surface area contributed by atoms with Gasteiger partial charge in [0, 0.05) is 23.0 Å². The van der Waals surface area contributed by atoms with E-state index in [1.54, 1.807) is 25.6 Å². The minimum atomic E-state index is -0.343. The van der Waals surface area contributed by atoms with Crippen molar-refractivity contribution in [3.8, 4) is 11.5 Å². The summed E-state index contributed by atoms with van der Waals surface area (Å²) < 4.78 is 10.6. The summed E-state index contributed by atoms with van der Waals surface area (Å²) in [5.74, 6) is 1.46. The van der Waals surface area contributed by atoms with E-state index in [0.717, 1.165) is 40.6 Å². The first-order valence-corrected chi connectivity index (χ1v) is 7.72. The largest absolute Gasteiger partial charge is 0.493 e. The summed E-state index contributed by atoms with van der Waals surface area (Å²) in [4.78, 5) is 4.49. The molecule has 0 saturated carbocycles. The van der Waals surface area contributed by atoms with Gasteiger partial charge in [-0.15, -0.1) is 11.3 Å². The molecular weight excluding hydrogens is 284 g/mol. The molecule has 0 aliphatic rings. The summed E-state index contributed by atoms with van der Waals surface area (Å²) in [5.41, 5.74) is 8.29. The highest BCUT2D eigenvalue weighted by Crippen LogP contribution is 2.29. The highest BCUT2D eigenvalue weighted by atomic mass is 32.1. The number of ether oxygens (including phenoxy) is 2. The number of methoxy groups -OCH3 is 2. The van der Waals surface area contributed by atoms with Crippen molar-refractivity contribution in [1.29, 1.82) is 0 Å². The fourth-order valence-corrected chi connectivity index (χ4v) is 3.32. The number of benzene rings is 1. The van der Waals surface area contributed by atoms with E-state index in [1.807, 2.05) is 25.1 Å². The topological polar surface area (TPSA) is 57.4 Å². The molecule has 2 N–H and O–H groups in total. The Balaban J connectivity index is 2.12. The van der Waals surface area contributed by atoms with Crippen LogP contribution in [-0.2, 0) is 12.8 Å². The molecule has 0 saturated heterocycles. The van der Waals surface area contributed by atoms with Crippen LogP contribution in [0.2, 0.25) is 0 Å². The third-order valence-corrected chi connectivity index (χ3v) is 4.24. The van der Waals surface area contributed by atoms with Gasteiger partial charge in [0.05, 0.1) is 19.2 Å². The van der Waals surface area contributed by atoms with Gasteiger partial charge < -0.3 is 15.2 Å². The van der Waals surface area contributed by atoms with E-state index in [2.05, 4.69) is 17.3 Å². The van der Waals surface area contributed by atoms with Crippen molar-refractivity contribution < 1.29 is 9.47 Å². The zero-order chi connectivity index (χ0) is 15.5. The first kappa shape index (κ1) is 15.8. The Morgan fingerprint density at radius 3 is 2.48 bits per heavy atom. The molecule has 1 atom stereocenters. The van der Waals surface area contributed by atoms with Gasteiger partial charge in [0.15, 0.2) is 11.5 Å². The highest BCUT2D eigenvalue weighted by molar-refractivity contribution is 7.09. The Morgan fingerprint density at radius 2 is 1.90 bits per heavy atom. The molecule has 0 aliphatic carbocycles. The van der Waals surface area contributed by atoms with E-state index in [-0.39, 0.29) is 5.54 Å². The van der Waals surface area contributed by atoms with Crippen LogP contribution in [-0.4, -0.2) is 24.7 Å². The predicted molar refractivity (Wildman–Crippen MR) is 86.4 cm³/mol. The van der Waals surface area contributed by atoms with Crippen LogP contribution in [0.4, 0.5) is 0 Å². The third-order valence-electron chi connectivity index (χ3n) is 3.28. The highest BCUT2D eigenvalue weighted by Gasteiger charge is 2.22. The summed E-state index contributed by atoms with van der Waals surface area (Å²) in [6, 6.07) is 5.92. The third kappa shape index (κ3) is 4.19. The molecule has 1 heterocycles. The lowest BCUT2D eigenvalue weighted by atomic mass is 9.91. The number of thiazole rings is 1. The van der Waals surface area contributed by atoms with Crippen molar-refractivity contribution in [2.75, 3.05) is 14.2 Å². The molecule has 0 amide bonds. The van der Waals surface area contributed by atoms with Crippen LogP contribution in [0.15, 0.2) is 23.6 Å². The van der Waals surface area contributed by atoms with Gasteiger partial charge in [-0.05, 0) is 38.0 Å². The first-order chi connectivity index (χ1) is 9.93. The maximum absolute atomic E-state index is 6.45. The molecule has 2 rings (SSSR count). The van der Waals surface area contributed by atoms with E-state index in [1.165, 1.54) is 0 Å². The van der Waals surface area contributed by atoms with E-state index in [4.69, 9.17) is 15.2 Å². The van der Waals surface area contributed by atoms with Gasteiger partial charge >= 0.3 is 0 Å². The molecule has 0 fully saturated rings. The average molecular weight is 306 g/mol. The minimum absolute atomic E-state index is 0.343. The zero-order valence-corrected chi connectivity index (χ0v) is 13.8. The minimum Gasteiger partial charge on any atom is -0.493 e. The fourth-order valence-electron chi connectivity index (χ4n) is 2.35. The van der Waals surface area contributed by atoms with Crippen LogP contribution >= 0.6 is 11.3 Å². The normalized spacial score (nSPS) is 13.8. The van der Waals surface area contributed by atoms with Crippen LogP contribution in [0, 0.1) is 6.92 Å². The van der Waals surface area contributed by atoms with Gasteiger partial charge in [-0.1, -0.05) is 6.07 Å². The van der Waals surface area contributed by atoms with Gasteiger partial charge in [0.25, 0.3) is 0 Å². The first-order valence-electron chi connectivity index (χ1n) is 6.84. The van der Waals surface area contributed by atoms with Crippen molar-refractivity contribution in [2.24, 2.45) is 5.73 Å². The molecule has 1 aromatic heterocycles. The van der Waals surface area contributed by atoms with Crippen molar-refractivity contribution in [2.45, 2.75) is 32.2 Å². The SMILES string of the molecule is COc1ccc(CC(C)(N)Cc2nc(C)cs2)cc1OC. The molecule has 1 aromatic carbocycles. The van der Waals surface area contributed by atoms with Gasteiger partial charge in [0.1, 0.15) is 0 Å². The lowest BCUT2D eigenvalue weighted by Gasteiger charge is -2.24.